The van der Waals surface area contributed by atoms with Crippen molar-refractivity contribution in [2.75, 3.05) is 36.0 Å². The minimum absolute atomic E-state index is 0.0752. The average Bonchev–Trinajstić information content (AvgIpc) is 3.27. The number of pyridine rings is 1. The number of aryl methyl sites for hydroxylation is 1. The summed E-state index contributed by atoms with van der Waals surface area (Å²) in [6.45, 7) is 8.84. The van der Waals surface area contributed by atoms with Crippen molar-refractivity contribution in [3.05, 3.63) is 97.4 Å². The Labute approximate surface area is 261 Å². The summed E-state index contributed by atoms with van der Waals surface area (Å²) in [4.78, 5) is 33.5. The van der Waals surface area contributed by atoms with Gasteiger partial charge in [-0.15, -0.1) is 0 Å². The zero-order valence-corrected chi connectivity index (χ0v) is 26.2. The molecule has 5 rings (SSSR count). The minimum Gasteiger partial charge on any atom is -0.366 e. The van der Waals surface area contributed by atoms with Crippen LogP contribution in [0.25, 0.3) is 6.08 Å². The van der Waals surface area contributed by atoms with Crippen molar-refractivity contribution < 1.29 is 9.18 Å². The third kappa shape index (κ3) is 6.24. The largest absolute Gasteiger partial charge is 0.366 e. The number of para-hydroxylation sites is 1. The van der Waals surface area contributed by atoms with Crippen LogP contribution >= 0.6 is 24.0 Å². The zero-order valence-electron chi connectivity index (χ0n) is 24.6. The first-order valence-electron chi connectivity index (χ1n) is 14.5. The van der Waals surface area contributed by atoms with E-state index in [1.54, 1.807) is 34.6 Å². The molecule has 0 bridgehead atoms. The number of piperazine rings is 1. The molecule has 0 radical (unpaired) electrons. The number of nitriles is 1. The number of hydrogen-bond donors (Lipinski definition) is 0. The first-order chi connectivity index (χ1) is 20.7. The van der Waals surface area contributed by atoms with Crippen LogP contribution in [0.15, 0.2) is 58.2 Å². The van der Waals surface area contributed by atoms with Gasteiger partial charge in [0.15, 0.2) is 0 Å². The maximum Gasteiger partial charge on any atom is 0.270 e. The van der Waals surface area contributed by atoms with E-state index in [9.17, 15) is 19.2 Å². The van der Waals surface area contributed by atoms with Gasteiger partial charge >= 0.3 is 0 Å². The number of rotatable bonds is 8. The summed E-state index contributed by atoms with van der Waals surface area (Å²) in [5, 5.41) is 10.0. The second-order valence-electron chi connectivity index (χ2n) is 10.8. The van der Waals surface area contributed by atoms with Gasteiger partial charge in [0, 0.05) is 38.3 Å². The summed E-state index contributed by atoms with van der Waals surface area (Å²) >= 11 is 6.86. The van der Waals surface area contributed by atoms with E-state index in [1.165, 1.54) is 17.8 Å². The molecule has 43 heavy (non-hydrogen) atoms. The number of nitrogens with zero attached hydrogens (tertiary/aromatic N) is 5. The number of benzene rings is 2. The molecule has 0 spiro atoms. The molecule has 7 nitrogen and oxygen atoms in total. The Balaban J connectivity index is 1.54. The zero-order chi connectivity index (χ0) is 30.7. The van der Waals surface area contributed by atoms with E-state index in [1.807, 2.05) is 42.2 Å². The van der Waals surface area contributed by atoms with E-state index in [4.69, 9.17) is 12.2 Å². The number of halogens is 1. The van der Waals surface area contributed by atoms with E-state index in [2.05, 4.69) is 17.9 Å². The molecule has 3 aromatic rings. The molecule has 2 saturated heterocycles. The monoisotopic (exact) mass is 615 g/mol. The van der Waals surface area contributed by atoms with Gasteiger partial charge in [0.1, 0.15) is 27.6 Å². The van der Waals surface area contributed by atoms with Crippen LogP contribution in [0.4, 0.5) is 15.9 Å². The summed E-state index contributed by atoms with van der Waals surface area (Å²) < 4.78 is 16.7. The van der Waals surface area contributed by atoms with Crippen LogP contribution in [0.2, 0.25) is 0 Å². The lowest BCUT2D eigenvalue weighted by atomic mass is 10.0. The van der Waals surface area contributed by atoms with Crippen molar-refractivity contribution in [1.82, 2.24) is 9.47 Å². The molecule has 2 aromatic carbocycles. The third-order valence-electron chi connectivity index (χ3n) is 7.96. The summed E-state index contributed by atoms with van der Waals surface area (Å²) in [6.07, 6.45) is 3.43. The lowest BCUT2D eigenvalue weighted by Gasteiger charge is -2.39. The Morgan fingerprint density at radius 1 is 1.02 bits per heavy atom. The molecule has 3 heterocycles. The smallest absolute Gasteiger partial charge is 0.270 e. The molecular weight excluding hydrogens is 582 g/mol. The molecular formula is C33H34FN5O2S2. The van der Waals surface area contributed by atoms with E-state index in [0.717, 1.165) is 24.0 Å². The van der Waals surface area contributed by atoms with Gasteiger partial charge in [0.2, 0.25) is 0 Å². The number of carbonyl (C=O) groups excluding carboxylic acids is 1. The molecule has 0 N–H and O–H groups in total. The highest BCUT2D eigenvalue weighted by Gasteiger charge is 2.34. The van der Waals surface area contributed by atoms with Crippen molar-refractivity contribution >= 4 is 51.8 Å². The van der Waals surface area contributed by atoms with Crippen LogP contribution in [0, 0.1) is 31.0 Å². The average molecular weight is 616 g/mol. The molecule has 1 aromatic heterocycles. The number of aromatic nitrogens is 1. The van der Waals surface area contributed by atoms with Crippen molar-refractivity contribution in [3.63, 3.8) is 0 Å². The van der Waals surface area contributed by atoms with Crippen LogP contribution in [0.3, 0.4) is 0 Å². The molecule has 2 fully saturated rings. The van der Waals surface area contributed by atoms with Crippen LogP contribution < -0.4 is 15.4 Å². The molecule has 0 atom stereocenters. The quantitative estimate of drug-likeness (QED) is 0.227. The molecule has 2 aliphatic rings. The first kappa shape index (κ1) is 30.5. The highest BCUT2D eigenvalue weighted by molar-refractivity contribution is 8.26. The van der Waals surface area contributed by atoms with Crippen LogP contribution in [0.5, 0.6) is 0 Å². The van der Waals surface area contributed by atoms with E-state index >= 15 is 0 Å². The highest BCUT2D eigenvalue weighted by atomic mass is 32.2. The topological polar surface area (TPSA) is 72.6 Å². The fraction of sp³-hybridized carbons (Fsp3) is 0.333. The lowest BCUT2D eigenvalue weighted by Crippen LogP contribution is -2.49. The molecule has 0 saturated carbocycles. The predicted molar refractivity (Wildman–Crippen MR) is 176 cm³/mol. The fourth-order valence-electron chi connectivity index (χ4n) is 5.52. The number of unbranched alkanes of at least 4 members (excludes halogenated alkanes) is 1. The number of hydrogen-bond acceptors (Lipinski definition) is 7. The Kier molecular flexibility index (Phi) is 9.33. The SMILES string of the molecule is CCCCn1c(N2CCN(c3ccccc3F)CC2)c(/C=C2\SC(=S)N(Cc3ccc(C)cc3)C2=O)c(C)c(C#N)c1=O. The van der Waals surface area contributed by atoms with Gasteiger partial charge in [0.05, 0.1) is 17.1 Å². The van der Waals surface area contributed by atoms with Crippen molar-refractivity contribution in [2.24, 2.45) is 0 Å². The summed E-state index contributed by atoms with van der Waals surface area (Å²) in [6, 6.07) is 16.8. The normalized spacial score (nSPS) is 16.3. The van der Waals surface area contributed by atoms with E-state index in [-0.39, 0.29) is 22.8 Å². The lowest BCUT2D eigenvalue weighted by molar-refractivity contribution is -0.122. The number of thioether (sulfide) groups is 1. The number of thiocarbonyl (C=S) groups is 1. The third-order valence-corrected chi connectivity index (χ3v) is 9.34. The molecule has 0 aliphatic carbocycles. The van der Waals surface area contributed by atoms with E-state index in [0.29, 0.717) is 71.1 Å². The highest BCUT2D eigenvalue weighted by Crippen LogP contribution is 2.37. The summed E-state index contributed by atoms with van der Waals surface area (Å²) in [5.41, 5.74) is 3.62. The minimum atomic E-state index is -0.330. The van der Waals surface area contributed by atoms with Crippen molar-refractivity contribution in [3.8, 4) is 6.07 Å². The molecule has 222 valence electrons. The van der Waals surface area contributed by atoms with Gasteiger partial charge in [-0.1, -0.05) is 79.3 Å². The Morgan fingerprint density at radius 2 is 1.70 bits per heavy atom. The Bertz CT molecular complexity index is 1690. The fourth-order valence-corrected chi connectivity index (χ4v) is 6.76. The van der Waals surface area contributed by atoms with E-state index < -0.39 is 0 Å². The standard InChI is InChI=1S/C33H34FN5O2S2/c1-4-5-14-38-30(37-17-15-36(16-18-37)28-9-7-6-8-27(28)34)25(23(3)26(20-35)31(38)40)19-29-32(41)39(33(42)43-29)21-24-12-10-22(2)11-13-24/h6-13,19H,4-5,14-18,21H2,1-3H3/b29-19-. The summed E-state index contributed by atoms with van der Waals surface area (Å²) in [5.74, 6) is 0.223. The molecule has 2 aliphatic heterocycles. The number of amides is 1. The van der Waals surface area contributed by atoms with Gasteiger partial charge < -0.3 is 9.80 Å². The second kappa shape index (κ2) is 13.1. The second-order valence-corrected chi connectivity index (χ2v) is 12.5. The molecule has 1 amide bonds. The van der Waals surface area contributed by atoms with Gasteiger partial charge in [0.25, 0.3) is 11.5 Å². The van der Waals surface area contributed by atoms with Crippen LogP contribution in [-0.2, 0) is 17.9 Å². The number of anilines is 2. The van der Waals surface area contributed by atoms with Gasteiger partial charge in [-0.25, -0.2) is 4.39 Å². The van der Waals surface area contributed by atoms with Crippen molar-refractivity contribution in [2.45, 2.75) is 46.7 Å². The molecule has 10 heteroatoms. The first-order valence-corrected chi connectivity index (χ1v) is 15.7. The van der Waals surface area contributed by atoms with Gasteiger partial charge in [-0.2, -0.15) is 5.26 Å². The van der Waals surface area contributed by atoms with Crippen molar-refractivity contribution in [1.29, 1.82) is 5.26 Å². The molecule has 0 unspecified atom stereocenters. The predicted octanol–water partition coefficient (Wildman–Crippen LogP) is 6.00. The van der Waals surface area contributed by atoms with Crippen LogP contribution in [0.1, 0.15) is 47.6 Å². The summed E-state index contributed by atoms with van der Waals surface area (Å²) in [7, 11) is 0. The Morgan fingerprint density at radius 3 is 2.35 bits per heavy atom. The van der Waals surface area contributed by atoms with Gasteiger partial charge in [-0.05, 0) is 49.6 Å². The maximum absolute atomic E-state index is 14.5. The van der Waals surface area contributed by atoms with Crippen LogP contribution in [-0.4, -0.2) is 45.9 Å². The number of carbonyl (C=O) groups is 1. The maximum atomic E-state index is 14.5. The Hall–Kier alpha value is -3.94. The van der Waals surface area contributed by atoms with Gasteiger partial charge in [-0.3, -0.25) is 19.1 Å².